The number of rotatable bonds is 3. The molecule has 84 valence electrons. The third kappa shape index (κ3) is 1.85. The molecule has 0 spiro atoms. The van der Waals surface area contributed by atoms with E-state index in [-0.39, 0.29) is 6.54 Å². The molecular weight excluding hydrogens is 202 g/mol. The quantitative estimate of drug-likeness (QED) is 0.811. The van der Waals surface area contributed by atoms with Crippen LogP contribution in [0.2, 0.25) is 0 Å². The Morgan fingerprint density at radius 3 is 2.69 bits per heavy atom. The third-order valence-electron chi connectivity index (χ3n) is 2.63. The van der Waals surface area contributed by atoms with E-state index in [0.717, 1.165) is 16.9 Å². The number of aromatic nitrogens is 2. The molecule has 0 radical (unpaired) electrons. The van der Waals surface area contributed by atoms with Crippen molar-refractivity contribution in [3.8, 4) is 5.69 Å². The van der Waals surface area contributed by atoms with Gasteiger partial charge in [0, 0.05) is 17.8 Å². The minimum absolute atomic E-state index is 0.210. The Hall–Kier alpha value is -1.65. The van der Waals surface area contributed by atoms with Crippen molar-refractivity contribution in [2.24, 2.45) is 5.73 Å². The Balaban J connectivity index is 2.41. The van der Waals surface area contributed by atoms with E-state index in [1.165, 1.54) is 0 Å². The second-order valence-electron chi connectivity index (χ2n) is 3.68. The lowest BCUT2D eigenvalue weighted by Gasteiger charge is -2.08. The molecule has 16 heavy (non-hydrogen) atoms. The largest absolute Gasteiger partial charge is 0.387 e. The van der Waals surface area contributed by atoms with Gasteiger partial charge in [-0.25, -0.2) is 4.68 Å². The summed E-state index contributed by atoms with van der Waals surface area (Å²) in [6, 6.07) is 9.81. The Labute approximate surface area is 94.3 Å². The van der Waals surface area contributed by atoms with Crippen molar-refractivity contribution >= 4 is 0 Å². The summed E-state index contributed by atoms with van der Waals surface area (Å²) in [5.74, 6) is 0. The lowest BCUT2D eigenvalue weighted by Crippen LogP contribution is -2.12. The van der Waals surface area contributed by atoms with E-state index >= 15 is 0 Å². The number of hydrogen-bond acceptors (Lipinski definition) is 3. The van der Waals surface area contributed by atoms with Crippen LogP contribution >= 0.6 is 0 Å². The van der Waals surface area contributed by atoms with E-state index in [1.807, 2.05) is 37.3 Å². The second-order valence-corrected chi connectivity index (χ2v) is 3.68. The van der Waals surface area contributed by atoms with Gasteiger partial charge in [0.25, 0.3) is 0 Å². The Morgan fingerprint density at radius 1 is 1.38 bits per heavy atom. The monoisotopic (exact) mass is 217 g/mol. The highest BCUT2D eigenvalue weighted by Crippen LogP contribution is 2.19. The van der Waals surface area contributed by atoms with E-state index in [0.29, 0.717) is 0 Å². The van der Waals surface area contributed by atoms with Crippen LogP contribution < -0.4 is 5.73 Å². The molecule has 1 unspecified atom stereocenters. The van der Waals surface area contributed by atoms with Crippen molar-refractivity contribution in [1.82, 2.24) is 9.78 Å². The number of nitrogens with two attached hydrogens (primary N) is 1. The zero-order valence-corrected chi connectivity index (χ0v) is 9.17. The zero-order chi connectivity index (χ0) is 11.5. The predicted octanol–water partition coefficient (Wildman–Crippen LogP) is 1.17. The molecule has 4 heteroatoms. The summed E-state index contributed by atoms with van der Waals surface area (Å²) < 4.78 is 1.80. The van der Waals surface area contributed by atoms with Crippen LogP contribution in [0.3, 0.4) is 0 Å². The molecule has 1 heterocycles. The zero-order valence-electron chi connectivity index (χ0n) is 9.17. The summed E-state index contributed by atoms with van der Waals surface area (Å²) >= 11 is 0. The van der Waals surface area contributed by atoms with Crippen LogP contribution in [0, 0.1) is 6.92 Å². The van der Waals surface area contributed by atoms with Gasteiger partial charge in [0.1, 0.15) is 0 Å². The van der Waals surface area contributed by atoms with Crippen LogP contribution in [-0.4, -0.2) is 21.4 Å². The van der Waals surface area contributed by atoms with Crippen molar-refractivity contribution < 1.29 is 5.11 Å². The Bertz CT molecular complexity index is 464. The molecule has 0 bridgehead atoms. The van der Waals surface area contributed by atoms with Crippen molar-refractivity contribution in [3.63, 3.8) is 0 Å². The number of aliphatic hydroxyl groups excluding tert-OH is 1. The van der Waals surface area contributed by atoms with Gasteiger partial charge < -0.3 is 10.8 Å². The highest BCUT2D eigenvalue weighted by Gasteiger charge is 2.13. The first-order chi connectivity index (χ1) is 7.74. The van der Waals surface area contributed by atoms with E-state index in [9.17, 15) is 5.11 Å². The van der Waals surface area contributed by atoms with Crippen LogP contribution in [0.25, 0.3) is 5.69 Å². The molecule has 2 rings (SSSR count). The van der Waals surface area contributed by atoms with E-state index in [2.05, 4.69) is 5.10 Å². The smallest absolute Gasteiger partial charge is 0.0945 e. The first-order valence-electron chi connectivity index (χ1n) is 5.22. The van der Waals surface area contributed by atoms with Crippen molar-refractivity contribution in [3.05, 3.63) is 47.8 Å². The normalized spacial score (nSPS) is 12.7. The van der Waals surface area contributed by atoms with Gasteiger partial charge in [0.2, 0.25) is 0 Å². The highest BCUT2D eigenvalue weighted by atomic mass is 16.3. The van der Waals surface area contributed by atoms with Gasteiger partial charge >= 0.3 is 0 Å². The molecule has 0 aliphatic rings. The van der Waals surface area contributed by atoms with E-state index < -0.39 is 6.10 Å². The molecule has 4 nitrogen and oxygen atoms in total. The van der Waals surface area contributed by atoms with Crippen LogP contribution in [0.4, 0.5) is 0 Å². The molecule has 1 aromatic heterocycles. The maximum atomic E-state index is 9.69. The maximum absolute atomic E-state index is 9.69. The second kappa shape index (κ2) is 4.47. The average molecular weight is 217 g/mol. The molecule has 0 amide bonds. The summed E-state index contributed by atoms with van der Waals surface area (Å²) in [6.07, 6.45) is 1.03. The van der Waals surface area contributed by atoms with Crippen LogP contribution in [0.5, 0.6) is 0 Å². The fourth-order valence-electron chi connectivity index (χ4n) is 1.71. The van der Waals surface area contributed by atoms with Crippen LogP contribution in [0.15, 0.2) is 36.5 Å². The molecule has 0 aliphatic heterocycles. The average Bonchev–Trinajstić information content (AvgIpc) is 2.71. The summed E-state index contributed by atoms with van der Waals surface area (Å²) in [6.45, 7) is 2.13. The minimum Gasteiger partial charge on any atom is -0.387 e. The lowest BCUT2D eigenvalue weighted by atomic mass is 10.1. The molecule has 2 aromatic rings. The van der Waals surface area contributed by atoms with Gasteiger partial charge in [0.15, 0.2) is 0 Å². The van der Waals surface area contributed by atoms with Gasteiger partial charge in [-0.15, -0.1) is 0 Å². The molecule has 0 saturated heterocycles. The Kier molecular flexibility index (Phi) is 3.03. The summed E-state index contributed by atoms with van der Waals surface area (Å²) in [5.41, 5.74) is 8.12. The molecule has 3 N–H and O–H groups in total. The number of nitrogens with zero attached hydrogens (tertiary/aromatic N) is 2. The standard InChI is InChI=1S/C12H15N3O/c1-9-11(12(16)7-13)8-14-15(9)10-5-3-2-4-6-10/h2-6,8,12,16H,7,13H2,1H3. The summed E-state index contributed by atoms with van der Waals surface area (Å²) in [5, 5.41) is 13.9. The third-order valence-corrected chi connectivity index (χ3v) is 2.63. The first kappa shape index (κ1) is 10.9. The van der Waals surface area contributed by atoms with Gasteiger partial charge in [-0.2, -0.15) is 5.10 Å². The molecule has 0 aliphatic carbocycles. The molecule has 1 atom stereocenters. The predicted molar refractivity (Wildman–Crippen MR) is 62.3 cm³/mol. The number of aliphatic hydroxyl groups is 1. The lowest BCUT2D eigenvalue weighted by molar-refractivity contribution is 0.186. The fourth-order valence-corrected chi connectivity index (χ4v) is 1.71. The number of hydrogen-bond donors (Lipinski definition) is 2. The molecule has 0 saturated carbocycles. The van der Waals surface area contributed by atoms with Gasteiger partial charge in [-0.1, -0.05) is 18.2 Å². The van der Waals surface area contributed by atoms with Gasteiger partial charge in [-0.3, -0.25) is 0 Å². The highest BCUT2D eigenvalue weighted by molar-refractivity contribution is 5.35. The van der Waals surface area contributed by atoms with Crippen molar-refractivity contribution in [1.29, 1.82) is 0 Å². The van der Waals surface area contributed by atoms with E-state index in [1.54, 1.807) is 10.9 Å². The molecule has 1 aromatic carbocycles. The minimum atomic E-state index is -0.641. The molecule has 0 fully saturated rings. The van der Waals surface area contributed by atoms with Crippen LogP contribution in [-0.2, 0) is 0 Å². The fraction of sp³-hybridized carbons (Fsp3) is 0.250. The topological polar surface area (TPSA) is 64.1 Å². The van der Waals surface area contributed by atoms with Gasteiger partial charge in [0.05, 0.1) is 18.0 Å². The summed E-state index contributed by atoms with van der Waals surface area (Å²) in [4.78, 5) is 0. The summed E-state index contributed by atoms with van der Waals surface area (Å²) in [7, 11) is 0. The number of benzene rings is 1. The van der Waals surface area contributed by atoms with E-state index in [4.69, 9.17) is 5.73 Å². The van der Waals surface area contributed by atoms with Crippen molar-refractivity contribution in [2.45, 2.75) is 13.0 Å². The Morgan fingerprint density at radius 2 is 2.06 bits per heavy atom. The molecular formula is C12H15N3O. The maximum Gasteiger partial charge on any atom is 0.0945 e. The first-order valence-corrected chi connectivity index (χ1v) is 5.22. The van der Waals surface area contributed by atoms with Crippen molar-refractivity contribution in [2.75, 3.05) is 6.54 Å². The number of para-hydroxylation sites is 1. The SMILES string of the molecule is Cc1c(C(O)CN)cnn1-c1ccccc1. The van der Waals surface area contributed by atoms with Gasteiger partial charge in [-0.05, 0) is 19.1 Å². The van der Waals surface area contributed by atoms with Crippen LogP contribution in [0.1, 0.15) is 17.4 Å².